The molecule has 0 aromatic heterocycles. The van der Waals surface area contributed by atoms with Crippen molar-refractivity contribution < 1.29 is 29.5 Å². The SMILES string of the molecule is CC1(C)CC(OC(=O)CCC(=O)OC2CC(C)(C)N([OH2+])C(C)(C)C2)CC(C)(C)N1O. The third-order valence-corrected chi connectivity index (χ3v) is 6.40. The first-order chi connectivity index (χ1) is 13.5. The smallest absolute Gasteiger partial charge is 0.306 e. The Labute approximate surface area is 180 Å². The van der Waals surface area contributed by atoms with Crippen LogP contribution in [0.15, 0.2) is 0 Å². The Morgan fingerprint density at radius 3 is 1.40 bits per heavy atom. The van der Waals surface area contributed by atoms with Gasteiger partial charge in [-0.15, -0.1) is 0 Å². The minimum absolute atomic E-state index is 0.0214. The normalized spacial score (nSPS) is 26.9. The van der Waals surface area contributed by atoms with Crippen molar-refractivity contribution in [1.29, 1.82) is 0 Å². The van der Waals surface area contributed by atoms with Crippen LogP contribution in [0.1, 0.15) is 93.9 Å². The number of esters is 2. The van der Waals surface area contributed by atoms with Gasteiger partial charge in [-0.2, -0.15) is 5.06 Å². The maximum atomic E-state index is 12.3. The zero-order valence-corrected chi connectivity index (χ0v) is 19.9. The Morgan fingerprint density at radius 2 is 1.07 bits per heavy atom. The molecule has 0 saturated carbocycles. The van der Waals surface area contributed by atoms with E-state index in [2.05, 4.69) is 0 Å². The number of hydrogen-bond donors (Lipinski definition) is 1. The van der Waals surface area contributed by atoms with Crippen molar-refractivity contribution in [2.75, 3.05) is 0 Å². The van der Waals surface area contributed by atoms with E-state index >= 15 is 0 Å². The van der Waals surface area contributed by atoms with E-state index in [1.807, 2.05) is 55.4 Å². The van der Waals surface area contributed by atoms with Crippen molar-refractivity contribution >= 4 is 11.9 Å². The molecule has 2 heterocycles. The molecule has 0 amide bonds. The van der Waals surface area contributed by atoms with Crippen LogP contribution in [0.25, 0.3) is 0 Å². The molecular weight excluding hydrogens is 388 g/mol. The van der Waals surface area contributed by atoms with E-state index in [1.54, 1.807) is 5.06 Å². The summed E-state index contributed by atoms with van der Waals surface area (Å²) in [6, 6.07) is 0. The van der Waals surface area contributed by atoms with Crippen LogP contribution in [0, 0.1) is 0 Å². The Bertz CT molecular complexity index is 566. The van der Waals surface area contributed by atoms with Gasteiger partial charge in [0.05, 0.1) is 23.9 Å². The van der Waals surface area contributed by atoms with Gasteiger partial charge in [-0.3, -0.25) is 9.59 Å². The quantitative estimate of drug-likeness (QED) is 0.529. The van der Waals surface area contributed by atoms with Crippen molar-refractivity contribution in [3.63, 3.8) is 0 Å². The summed E-state index contributed by atoms with van der Waals surface area (Å²) in [5.41, 5.74) is -1.80. The molecular formula is C22H41N2O6+. The molecule has 2 fully saturated rings. The molecule has 0 radical (unpaired) electrons. The molecule has 0 aliphatic carbocycles. The average Bonchev–Trinajstić information content (AvgIpc) is 2.54. The van der Waals surface area contributed by atoms with Gasteiger partial charge >= 0.3 is 11.9 Å². The van der Waals surface area contributed by atoms with E-state index in [1.165, 1.54) is 5.06 Å². The summed E-state index contributed by atoms with van der Waals surface area (Å²) in [5, 5.41) is 21.6. The Kier molecular flexibility index (Phi) is 6.99. The number of carbonyl (C=O) groups excluding carboxylic acids is 2. The van der Waals surface area contributed by atoms with E-state index < -0.39 is 34.1 Å². The lowest BCUT2D eigenvalue weighted by Gasteiger charge is -2.50. The van der Waals surface area contributed by atoms with E-state index in [0.717, 1.165) is 0 Å². The molecule has 2 rings (SSSR count). The molecule has 0 aromatic rings. The fourth-order valence-electron chi connectivity index (χ4n) is 5.23. The monoisotopic (exact) mass is 429 g/mol. The first-order valence-corrected chi connectivity index (χ1v) is 10.9. The van der Waals surface area contributed by atoms with Crippen LogP contribution in [0.2, 0.25) is 0 Å². The fraction of sp³-hybridized carbons (Fsp3) is 0.909. The molecule has 0 spiro atoms. The second-order valence-electron chi connectivity index (χ2n) is 11.4. The highest BCUT2D eigenvalue weighted by atomic mass is 16.6. The van der Waals surface area contributed by atoms with Crippen molar-refractivity contribution in [2.45, 2.75) is 128 Å². The third kappa shape index (κ3) is 5.72. The van der Waals surface area contributed by atoms with Gasteiger partial charge in [0, 0.05) is 36.8 Å². The lowest BCUT2D eigenvalue weighted by Crippen LogP contribution is -2.60. The highest BCUT2D eigenvalue weighted by Gasteiger charge is 2.50. The van der Waals surface area contributed by atoms with Gasteiger partial charge in [0.25, 0.3) is 0 Å². The molecule has 2 aliphatic heterocycles. The van der Waals surface area contributed by atoms with Crippen LogP contribution < -0.4 is 0 Å². The summed E-state index contributed by atoms with van der Waals surface area (Å²) in [7, 11) is 0. The van der Waals surface area contributed by atoms with Gasteiger partial charge in [-0.05, 0) is 55.4 Å². The molecule has 2 saturated heterocycles. The summed E-state index contributed by atoms with van der Waals surface area (Å²) in [4.78, 5) is 24.7. The molecule has 3 N–H and O–H groups in total. The number of hydroxylamine groups is 4. The number of rotatable bonds is 5. The average molecular weight is 430 g/mol. The van der Waals surface area contributed by atoms with Crippen LogP contribution >= 0.6 is 0 Å². The van der Waals surface area contributed by atoms with Crippen LogP contribution in [-0.4, -0.2) is 66.8 Å². The molecule has 0 atom stereocenters. The minimum Gasteiger partial charge on any atom is -0.462 e. The molecule has 8 heteroatoms. The summed E-state index contributed by atoms with van der Waals surface area (Å²) in [6.45, 7) is 15.5. The topological polar surface area (TPSA) is 102 Å². The van der Waals surface area contributed by atoms with E-state index in [0.29, 0.717) is 25.7 Å². The van der Waals surface area contributed by atoms with Gasteiger partial charge in [-0.1, -0.05) is 5.06 Å². The van der Waals surface area contributed by atoms with Gasteiger partial charge in [0.1, 0.15) is 12.2 Å². The third-order valence-electron chi connectivity index (χ3n) is 6.40. The molecule has 0 unspecified atom stereocenters. The standard InChI is InChI=1S/C22H40N2O6/c1-19(2)11-15(12-20(3,4)23(19)27)29-17(25)9-10-18(26)30-16-13-21(5,6)24(28)22(7,8)14-16/h15-16,27-28H,9-14H2,1-8H3/p+1. The van der Waals surface area contributed by atoms with E-state index in [-0.39, 0.29) is 25.0 Å². The minimum atomic E-state index is -0.502. The Morgan fingerprint density at radius 1 is 0.767 bits per heavy atom. The predicted octanol–water partition coefficient (Wildman–Crippen LogP) is 2.93. The molecule has 174 valence electrons. The second kappa shape index (κ2) is 8.37. The van der Waals surface area contributed by atoms with Gasteiger partial charge in [0.2, 0.25) is 0 Å². The van der Waals surface area contributed by atoms with Crippen molar-refractivity contribution in [3.05, 3.63) is 0 Å². The number of hydrogen-bond acceptors (Lipinski definition) is 7. The summed E-state index contributed by atoms with van der Waals surface area (Å²) < 4.78 is 11.3. The molecule has 8 nitrogen and oxygen atoms in total. The van der Waals surface area contributed by atoms with Crippen molar-refractivity contribution in [1.82, 2.24) is 10.1 Å². The number of carbonyl (C=O) groups is 2. The molecule has 0 aromatic carbocycles. The highest BCUT2D eigenvalue weighted by molar-refractivity contribution is 5.77. The lowest BCUT2D eigenvalue weighted by molar-refractivity contribution is -0.260. The van der Waals surface area contributed by atoms with Crippen molar-refractivity contribution in [3.8, 4) is 0 Å². The number of piperidine rings is 2. The van der Waals surface area contributed by atoms with Gasteiger partial charge < -0.3 is 19.9 Å². The number of nitrogens with zero attached hydrogens (tertiary/aromatic N) is 2. The summed E-state index contributed by atoms with van der Waals surface area (Å²) in [6.07, 6.45) is 1.61. The lowest BCUT2D eigenvalue weighted by atomic mass is 9.80. The zero-order valence-electron chi connectivity index (χ0n) is 19.9. The highest BCUT2D eigenvalue weighted by Crippen LogP contribution is 2.39. The first-order valence-electron chi connectivity index (χ1n) is 10.9. The maximum absolute atomic E-state index is 12.3. The van der Waals surface area contributed by atoms with E-state index in [9.17, 15) is 14.8 Å². The second-order valence-corrected chi connectivity index (χ2v) is 11.4. The molecule has 2 aliphatic rings. The fourth-order valence-corrected chi connectivity index (χ4v) is 5.23. The maximum Gasteiger partial charge on any atom is 0.306 e. The van der Waals surface area contributed by atoms with Crippen molar-refractivity contribution in [2.24, 2.45) is 0 Å². The molecule has 30 heavy (non-hydrogen) atoms. The summed E-state index contributed by atoms with van der Waals surface area (Å²) >= 11 is 0. The summed E-state index contributed by atoms with van der Waals surface area (Å²) in [5.74, 6) is -0.829. The Balaban J connectivity index is 1.83. The largest absolute Gasteiger partial charge is 0.462 e. The predicted molar refractivity (Wildman–Crippen MR) is 113 cm³/mol. The van der Waals surface area contributed by atoms with Crippen LogP contribution in [0.4, 0.5) is 0 Å². The zero-order chi connectivity index (χ0) is 23.1. The van der Waals surface area contributed by atoms with Crippen LogP contribution in [0.5, 0.6) is 0 Å². The Hall–Kier alpha value is -1.22. The van der Waals surface area contributed by atoms with Crippen LogP contribution in [-0.2, 0) is 19.1 Å². The van der Waals surface area contributed by atoms with E-state index in [4.69, 9.17) is 14.7 Å². The van der Waals surface area contributed by atoms with Gasteiger partial charge in [0.15, 0.2) is 0 Å². The van der Waals surface area contributed by atoms with Gasteiger partial charge in [-0.25, -0.2) is 0 Å². The molecule has 0 bridgehead atoms. The van der Waals surface area contributed by atoms with Crippen LogP contribution in [0.3, 0.4) is 0 Å². The first kappa shape index (κ1) is 25.0. The number of ether oxygens (including phenoxy) is 2.